The molecule has 3 saturated heterocycles. The van der Waals surface area contributed by atoms with Crippen molar-refractivity contribution in [3.8, 4) is 22.5 Å². The van der Waals surface area contributed by atoms with Crippen LogP contribution in [-0.2, 0) is 43.3 Å². The number of hydrogen-bond donors (Lipinski definition) is 3. The zero-order valence-electron chi connectivity index (χ0n) is 39.8. The summed E-state index contributed by atoms with van der Waals surface area (Å²) >= 11 is 1.42. The molecular formula is C49H66N10O6S. The Hall–Kier alpha value is -5.39. The van der Waals surface area contributed by atoms with Gasteiger partial charge in [0.1, 0.15) is 18.1 Å². The number of nitrogens with zero attached hydrogens (tertiary/aromatic N) is 7. The van der Waals surface area contributed by atoms with Crippen LogP contribution in [0.1, 0.15) is 89.9 Å². The average molecular weight is 923 g/mol. The van der Waals surface area contributed by atoms with Crippen LogP contribution in [-0.4, -0.2) is 141 Å². The number of likely N-dealkylation sites (N-methyl/N-ethyl adjacent to an activating group) is 2. The van der Waals surface area contributed by atoms with E-state index in [1.54, 1.807) is 23.9 Å². The molecule has 3 aromatic heterocycles. The summed E-state index contributed by atoms with van der Waals surface area (Å²) in [5, 5.41) is 11.3. The van der Waals surface area contributed by atoms with Gasteiger partial charge in [-0.25, -0.2) is 15.2 Å². The number of carbonyl (C=O) groups is 5. The Morgan fingerprint density at radius 2 is 1.85 bits per heavy atom. The number of urea groups is 1. The van der Waals surface area contributed by atoms with E-state index in [0.717, 1.165) is 51.2 Å². The number of likely N-dealkylation sites (tertiary alicyclic amines) is 1. The van der Waals surface area contributed by atoms with Gasteiger partial charge in [0, 0.05) is 92.3 Å². The fourth-order valence-corrected chi connectivity index (χ4v) is 10.9. The lowest BCUT2D eigenvalue weighted by Gasteiger charge is -2.37. The molecule has 3 fully saturated rings. The molecule has 7 heterocycles. The SMILES string of the molecule is CCn1c(-c2cccnc2C(C)C)c2c3cc(ccc31)-c1csc(n1)C[C@H](NC(=O)[C@H](C(C)C)N(C)C(=O)N(C)[C@H]1CCN(C(=O)[C@@H]3CN3)C1)C(=O)N1CCC[C@H](N1)C(=O)OCC(C)(C)C2. The average Bonchev–Trinajstić information content (AvgIpc) is 3.70. The Kier molecular flexibility index (Phi) is 13.6. The van der Waals surface area contributed by atoms with Crippen LogP contribution in [0.3, 0.4) is 0 Å². The van der Waals surface area contributed by atoms with E-state index in [0.29, 0.717) is 56.9 Å². The monoisotopic (exact) mass is 922 g/mol. The van der Waals surface area contributed by atoms with Gasteiger partial charge in [-0.1, -0.05) is 47.6 Å². The van der Waals surface area contributed by atoms with Gasteiger partial charge in [0.15, 0.2) is 0 Å². The molecule has 0 aliphatic carbocycles. The van der Waals surface area contributed by atoms with E-state index < -0.39 is 41.3 Å². The van der Waals surface area contributed by atoms with Crippen molar-refractivity contribution in [1.82, 2.24) is 50.3 Å². The second kappa shape index (κ2) is 19.1. The molecule has 0 unspecified atom stereocenters. The molecule has 16 nitrogen and oxygen atoms in total. The van der Waals surface area contributed by atoms with Gasteiger partial charge in [0.2, 0.25) is 11.8 Å². The second-order valence-corrected chi connectivity index (χ2v) is 20.9. The number of benzene rings is 1. The molecule has 4 aliphatic heterocycles. The third-order valence-electron chi connectivity index (χ3n) is 13.6. The van der Waals surface area contributed by atoms with E-state index in [1.807, 2.05) is 31.5 Å². The van der Waals surface area contributed by atoms with Crippen molar-refractivity contribution >= 4 is 52.0 Å². The number of aromatic nitrogens is 3. The zero-order chi connectivity index (χ0) is 47.2. The molecule has 0 radical (unpaired) electrons. The van der Waals surface area contributed by atoms with E-state index in [4.69, 9.17) is 14.7 Å². The lowest BCUT2D eigenvalue weighted by atomic mass is 9.84. The Morgan fingerprint density at radius 3 is 2.56 bits per heavy atom. The van der Waals surface area contributed by atoms with Gasteiger partial charge in [-0.3, -0.25) is 29.2 Å². The van der Waals surface area contributed by atoms with Crippen molar-refractivity contribution in [2.45, 2.75) is 123 Å². The highest BCUT2D eigenvalue weighted by Gasteiger charge is 2.42. The van der Waals surface area contributed by atoms with Gasteiger partial charge < -0.3 is 34.6 Å². The number of aryl methyl sites for hydroxylation is 1. The predicted molar refractivity (Wildman–Crippen MR) is 254 cm³/mol. The van der Waals surface area contributed by atoms with Gasteiger partial charge in [-0.2, -0.15) is 0 Å². The first kappa shape index (κ1) is 47.1. The lowest BCUT2D eigenvalue weighted by Crippen LogP contribution is -2.62. The second-order valence-electron chi connectivity index (χ2n) is 19.9. The number of ether oxygens (including phenoxy) is 1. The standard InChI is InChI=1S/C49H66N10O6S/c1-10-58-39-16-15-30-21-33(39)34(43(58)32-13-11-18-50-41(32)28(2)3)23-49(6,7)27-65-47(63)35-14-12-19-59(54-35)46(62)36(22-40-52-38(30)26-66-40)53-44(60)42(29(4)5)56(9)48(64)55(8)31-17-20-57(25-31)45(61)37-24-51-37/h11,13,15-16,18,21,26,28-29,31,35-37,42,51,54H,10,12,14,17,19-20,22-25,27H2,1-9H3,(H,53,60)/t31-,35-,36-,37-,42-/m0/s1. The van der Waals surface area contributed by atoms with Crippen molar-refractivity contribution < 1.29 is 28.7 Å². The number of fused-ring (bicyclic) bond motifs is 6. The van der Waals surface area contributed by atoms with E-state index in [9.17, 15) is 24.0 Å². The number of rotatable bonds is 9. The molecule has 0 saturated carbocycles. The van der Waals surface area contributed by atoms with E-state index in [-0.39, 0.29) is 48.9 Å². The summed E-state index contributed by atoms with van der Waals surface area (Å²) < 4.78 is 8.48. The van der Waals surface area contributed by atoms with Crippen LogP contribution in [0.4, 0.5) is 4.79 Å². The van der Waals surface area contributed by atoms with Crippen LogP contribution in [0, 0.1) is 11.3 Å². The minimum atomic E-state index is -1.07. The van der Waals surface area contributed by atoms with Gasteiger partial charge in [0.25, 0.3) is 5.91 Å². The van der Waals surface area contributed by atoms with Crippen molar-refractivity contribution in [2.24, 2.45) is 11.3 Å². The molecule has 17 heteroatoms. The number of hydrazine groups is 1. The summed E-state index contributed by atoms with van der Waals surface area (Å²) in [5.74, 6) is -1.41. The van der Waals surface area contributed by atoms with E-state index in [2.05, 4.69) is 79.5 Å². The van der Waals surface area contributed by atoms with Crippen LogP contribution in [0.2, 0.25) is 0 Å². The number of nitrogens with one attached hydrogen (secondary N) is 3. The predicted octanol–water partition coefficient (Wildman–Crippen LogP) is 5.20. The molecule has 66 heavy (non-hydrogen) atoms. The minimum absolute atomic E-state index is 0.0520. The fourth-order valence-electron chi connectivity index (χ4n) is 10.0. The third-order valence-corrected chi connectivity index (χ3v) is 14.5. The van der Waals surface area contributed by atoms with Crippen LogP contribution in [0.25, 0.3) is 33.4 Å². The molecule has 5 atom stereocenters. The highest BCUT2D eigenvalue weighted by Crippen LogP contribution is 2.42. The zero-order valence-corrected chi connectivity index (χ0v) is 40.7. The highest BCUT2D eigenvalue weighted by atomic mass is 32.1. The van der Waals surface area contributed by atoms with Crippen molar-refractivity contribution in [1.29, 1.82) is 0 Å². The summed E-state index contributed by atoms with van der Waals surface area (Å²) in [5.41, 5.74) is 9.80. The largest absolute Gasteiger partial charge is 0.464 e. The van der Waals surface area contributed by atoms with Crippen LogP contribution >= 0.6 is 11.3 Å². The molecule has 5 amide bonds. The number of thiazole rings is 1. The first-order valence-corrected chi connectivity index (χ1v) is 24.5. The van der Waals surface area contributed by atoms with Gasteiger partial charge in [-0.15, -0.1) is 11.3 Å². The maximum atomic E-state index is 14.7. The number of hydrogen-bond acceptors (Lipinski definition) is 11. The molecule has 4 aliphatic rings. The number of pyridine rings is 1. The molecule has 4 aromatic rings. The smallest absolute Gasteiger partial charge is 0.324 e. The van der Waals surface area contributed by atoms with Gasteiger partial charge >= 0.3 is 12.0 Å². The molecule has 0 spiro atoms. The van der Waals surface area contributed by atoms with Gasteiger partial charge in [-0.05, 0) is 74.3 Å². The number of esters is 1. The van der Waals surface area contributed by atoms with E-state index in [1.165, 1.54) is 21.2 Å². The summed E-state index contributed by atoms with van der Waals surface area (Å²) in [7, 11) is 3.32. The number of cyclic esters (lactones) is 1. The first-order valence-electron chi connectivity index (χ1n) is 23.6. The summed E-state index contributed by atoms with van der Waals surface area (Å²) in [4.78, 5) is 84.7. The molecule has 3 N–H and O–H groups in total. The topological polar surface area (TPSA) is 184 Å². The Bertz CT molecular complexity index is 2490. The maximum Gasteiger partial charge on any atom is 0.324 e. The molecule has 354 valence electrons. The Morgan fingerprint density at radius 1 is 1.08 bits per heavy atom. The first-order chi connectivity index (χ1) is 31.5. The quantitative estimate of drug-likeness (QED) is 0.149. The summed E-state index contributed by atoms with van der Waals surface area (Å²) in [6.45, 7) is 17.3. The fraction of sp³-hybridized carbons (Fsp3) is 0.571. The van der Waals surface area contributed by atoms with Crippen molar-refractivity contribution in [3.63, 3.8) is 0 Å². The minimum Gasteiger partial charge on any atom is -0.464 e. The van der Waals surface area contributed by atoms with Gasteiger partial charge in [0.05, 0.1) is 40.8 Å². The lowest BCUT2D eigenvalue weighted by molar-refractivity contribution is -0.155. The van der Waals surface area contributed by atoms with Crippen LogP contribution < -0.4 is 16.1 Å². The highest BCUT2D eigenvalue weighted by molar-refractivity contribution is 7.10. The molecule has 6 bridgehead atoms. The molecule has 8 rings (SSSR count). The molecular weight excluding hydrogens is 857 g/mol. The van der Waals surface area contributed by atoms with Crippen LogP contribution in [0.15, 0.2) is 41.9 Å². The van der Waals surface area contributed by atoms with Crippen LogP contribution in [0.5, 0.6) is 0 Å². The normalized spacial score (nSPS) is 22.6. The maximum absolute atomic E-state index is 14.7. The number of amides is 5. The van der Waals surface area contributed by atoms with E-state index >= 15 is 0 Å². The Labute approximate surface area is 391 Å². The van der Waals surface area contributed by atoms with Crippen molar-refractivity contribution in [2.75, 3.05) is 46.9 Å². The summed E-state index contributed by atoms with van der Waals surface area (Å²) in [6.07, 6.45) is 4.22. The Balaban J connectivity index is 1.12. The van der Waals surface area contributed by atoms with Crippen molar-refractivity contribution in [3.05, 3.63) is 58.2 Å². The summed E-state index contributed by atoms with van der Waals surface area (Å²) in [6, 6.07) is 7.13. The molecule has 1 aromatic carbocycles. The third kappa shape index (κ3) is 9.56. The number of carbonyl (C=O) groups excluding carboxylic acids is 5.